The number of hydrogen-bond acceptors (Lipinski definition) is 8. The van der Waals surface area contributed by atoms with Crippen LogP contribution in [0.25, 0.3) is 15.9 Å². The molecule has 0 atom stereocenters. The van der Waals surface area contributed by atoms with Crippen LogP contribution in [0.1, 0.15) is 5.56 Å². The molecule has 1 N–H and O–H groups in total. The molecule has 8 nitrogen and oxygen atoms in total. The van der Waals surface area contributed by atoms with E-state index in [0.29, 0.717) is 22.8 Å². The number of ether oxygens (including phenoxy) is 1. The first-order valence-corrected chi connectivity index (χ1v) is 11.7. The quantitative estimate of drug-likeness (QED) is 0.427. The van der Waals surface area contributed by atoms with Gasteiger partial charge < -0.3 is 10.1 Å². The van der Waals surface area contributed by atoms with Crippen LogP contribution in [0.15, 0.2) is 69.9 Å². The first-order chi connectivity index (χ1) is 15.0. The normalized spacial score (nSPS) is 11.8. The van der Waals surface area contributed by atoms with Crippen molar-refractivity contribution in [3.8, 4) is 5.75 Å². The van der Waals surface area contributed by atoms with E-state index in [0.717, 1.165) is 10.3 Å². The fourth-order valence-corrected chi connectivity index (χ4v) is 5.34. The molecule has 5 aromatic rings. The summed E-state index contributed by atoms with van der Waals surface area (Å²) in [5.74, 6) is 1.15. The average Bonchev–Trinajstić information content (AvgIpc) is 3.42. The first-order valence-electron chi connectivity index (χ1n) is 9.33. The van der Waals surface area contributed by atoms with Crippen LogP contribution >= 0.6 is 11.3 Å². The van der Waals surface area contributed by atoms with Gasteiger partial charge in [0.15, 0.2) is 11.5 Å². The molecular weight excluding hydrogens is 434 g/mol. The zero-order valence-electron chi connectivity index (χ0n) is 16.6. The Morgan fingerprint density at radius 3 is 2.61 bits per heavy atom. The Hall–Kier alpha value is -3.50. The van der Waals surface area contributed by atoms with Crippen LogP contribution in [0.2, 0.25) is 0 Å². The average molecular weight is 452 g/mol. The molecule has 0 spiro atoms. The number of benzene rings is 2. The summed E-state index contributed by atoms with van der Waals surface area (Å²) in [6.45, 7) is 1.90. The zero-order chi connectivity index (χ0) is 21.6. The lowest BCUT2D eigenvalue weighted by Gasteiger charge is -2.11. The largest absolute Gasteiger partial charge is 0.495 e. The number of hydrogen-bond donors (Lipinski definition) is 1. The second-order valence-electron chi connectivity index (χ2n) is 6.87. The van der Waals surface area contributed by atoms with Crippen molar-refractivity contribution in [3.05, 3.63) is 65.5 Å². The zero-order valence-corrected chi connectivity index (χ0v) is 18.2. The molecule has 0 aliphatic heterocycles. The van der Waals surface area contributed by atoms with E-state index in [2.05, 4.69) is 20.6 Å². The smallest absolute Gasteiger partial charge is 0.229 e. The third-order valence-corrected chi connectivity index (χ3v) is 7.44. The molecule has 0 unspecified atom stereocenters. The Labute approximate surface area is 182 Å². The number of nitrogens with one attached hydrogen (secondary N) is 1. The van der Waals surface area contributed by atoms with Gasteiger partial charge in [-0.05, 0) is 42.6 Å². The van der Waals surface area contributed by atoms with Gasteiger partial charge in [0.05, 0.1) is 27.9 Å². The van der Waals surface area contributed by atoms with Gasteiger partial charge in [-0.1, -0.05) is 35.0 Å². The summed E-state index contributed by atoms with van der Waals surface area (Å²) < 4.78 is 34.2. The van der Waals surface area contributed by atoms with Gasteiger partial charge in [0.1, 0.15) is 5.75 Å². The van der Waals surface area contributed by atoms with E-state index in [1.165, 1.54) is 15.9 Å². The van der Waals surface area contributed by atoms with Crippen LogP contribution in [0.5, 0.6) is 5.75 Å². The maximum absolute atomic E-state index is 13.3. The fourth-order valence-electron chi connectivity index (χ4n) is 3.29. The minimum Gasteiger partial charge on any atom is -0.495 e. The number of fused-ring (bicyclic) bond motifs is 3. The molecule has 10 heteroatoms. The van der Waals surface area contributed by atoms with E-state index in [-0.39, 0.29) is 15.6 Å². The first kappa shape index (κ1) is 19.5. The van der Waals surface area contributed by atoms with Gasteiger partial charge in [-0.25, -0.2) is 13.4 Å². The molecule has 31 heavy (non-hydrogen) atoms. The molecule has 0 fully saturated rings. The van der Waals surface area contributed by atoms with Crippen molar-refractivity contribution in [2.75, 3.05) is 12.4 Å². The van der Waals surface area contributed by atoms with Crippen LogP contribution in [0, 0.1) is 6.92 Å². The molecule has 0 saturated carbocycles. The highest BCUT2D eigenvalue weighted by atomic mass is 32.2. The topological polar surface area (TPSA) is 98.5 Å². The summed E-state index contributed by atoms with van der Waals surface area (Å²) in [5, 5.41) is 13.1. The molecule has 3 aromatic heterocycles. The summed E-state index contributed by atoms with van der Waals surface area (Å²) in [7, 11) is -2.31. The summed E-state index contributed by atoms with van der Waals surface area (Å²) in [6, 6.07) is 15.9. The third-order valence-electron chi connectivity index (χ3n) is 4.87. The molecule has 0 aliphatic rings. The van der Waals surface area contributed by atoms with E-state index < -0.39 is 9.84 Å². The number of sulfone groups is 1. The van der Waals surface area contributed by atoms with Crippen molar-refractivity contribution in [2.45, 2.75) is 16.8 Å². The number of anilines is 2. The van der Waals surface area contributed by atoms with E-state index in [1.54, 1.807) is 31.4 Å². The van der Waals surface area contributed by atoms with Crippen molar-refractivity contribution in [3.63, 3.8) is 0 Å². The monoisotopic (exact) mass is 451 g/mol. The van der Waals surface area contributed by atoms with E-state index in [1.807, 2.05) is 42.6 Å². The van der Waals surface area contributed by atoms with E-state index >= 15 is 0 Å². The van der Waals surface area contributed by atoms with Gasteiger partial charge in [0, 0.05) is 0 Å². The van der Waals surface area contributed by atoms with Crippen LogP contribution in [-0.4, -0.2) is 35.3 Å². The van der Waals surface area contributed by atoms with Gasteiger partial charge in [0.25, 0.3) is 0 Å². The highest BCUT2D eigenvalue weighted by molar-refractivity contribution is 7.91. The molecule has 5 rings (SSSR count). The van der Waals surface area contributed by atoms with Gasteiger partial charge >= 0.3 is 0 Å². The van der Waals surface area contributed by atoms with Crippen LogP contribution < -0.4 is 10.1 Å². The van der Waals surface area contributed by atoms with E-state index in [4.69, 9.17) is 4.74 Å². The third kappa shape index (κ3) is 3.20. The predicted molar refractivity (Wildman–Crippen MR) is 119 cm³/mol. The van der Waals surface area contributed by atoms with E-state index in [9.17, 15) is 8.42 Å². The highest BCUT2D eigenvalue weighted by Gasteiger charge is 2.27. The lowest BCUT2D eigenvalue weighted by molar-refractivity contribution is 0.417. The molecule has 3 heterocycles. The van der Waals surface area contributed by atoms with Crippen LogP contribution in [0.4, 0.5) is 11.5 Å². The summed E-state index contributed by atoms with van der Waals surface area (Å²) in [5.41, 5.74) is 2.55. The number of rotatable bonds is 5. The number of methoxy groups -OCH3 is 1. The van der Waals surface area contributed by atoms with Gasteiger partial charge in [-0.2, -0.15) is 4.52 Å². The number of para-hydroxylation sites is 2. The molecular formula is C21H17N5O3S2. The van der Waals surface area contributed by atoms with Gasteiger partial charge in [-0.3, -0.25) is 0 Å². The lowest BCUT2D eigenvalue weighted by atomic mass is 10.2. The fraction of sp³-hybridized carbons (Fsp3) is 0.0952. The predicted octanol–water partition coefficient (Wildman–Crippen LogP) is 4.23. The maximum Gasteiger partial charge on any atom is 0.229 e. The van der Waals surface area contributed by atoms with Crippen molar-refractivity contribution in [2.24, 2.45) is 0 Å². The van der Waals surface area contributed by atoms with Gasteiger partial charge in [-0.15, -0.1) is 16.4 Å². The standard InChI is InChI=1S/C21H17N5O3S2/c1-13-7-9-14(10-8-13)31(27,28)21-20-23-19(22-15-5-3-4-6-17(15)29-2)18-16(11-12-30-18)26(20)25-24-21/h3-12H,1-2H3,(H,22,23). The molecule has 156 valence electrons. The van der Waals surface area contributed by atoms with Crippen molar-refractivity contribution in [1.29, 1.82) is 0 Å². The minimum absolute atomic E-state index is 0.145. The van der Waals surface area contributed by atoms with Crippen molar-refractivity contribution < 1.29 is 13.2 Å². The molecule has 0 radical (unpaired) electrons. The SMILES string of the molecule is COc1ccccc1Nc1nc2c(S(=O)(=O)c3ccc(C)cc3)nnn2c2ccsc12. The molecule has 0 aliphatic carbocycles. The Bertz CT molecular complexity index is 1520. The van der Waals surface area contributed by atoms with Crippen molar-refractivity contribution >= 4 is 48.5 Å². The summed E-state index contributed by atoms with van der Waals surface area (Å²) in [6.07, 6.45) is 0. The number of aromatic nitrogens is 4. The molecule has 0 bridgehead atoms. The number of aryl methyl sites for hydroxylation is 1. The Morgan fingerprint density at radius 2 is 1.84 bits per heavy atom. The lowest BCUT2D eigenvalue weighted by Crippen LogP contribution is -2.05. The molecule has 2 aromatic carbocycles. The number of thiophene rings is 1. The van der Waals surface area contributed by atoms with Gasteiger partial charge in [0.2, 0.25) is 14.9 Å². The molecule has 0 saturated heterocycles. The van der Waals surface area contributed by atoms with Crippen molar-refractivity contribution in [1.82, 2.24) is 19.8 Å². The highest BCUT2D eigenvalue weighted by Crippen LogP contribution is 2.34. The summed E-state index contributed by atoms with van der Waals surface area (Å²) in [4.78, 5) is 4.76. The Kier molecular flexibility index (Phi) is 4.60. The van der Waals surface area contributed by atoms with Crippen LogP contribution in [0.3, 0.4) is 0 Å². The molecule has 0 amide bonds. The Morgan fingerprint density at radius 1 is 1.06 bits per heavy atom. The van der Waals surface area contributed by atoms with Crippen LogP contribution in [-0.2, 0) is 9.84 Å². The number of nitrogens with zero attached hydrogens (tertiary/aromatic N) is 4. The second kappa shape index (κ2) is 7.33. The minimum atomic E-state index is -3.90. The maximum atomic E-state index is 13.3. The second-order valence-corrected chi connectivity index (χ2v) is 9.65. The Balaban J connectivity index is 1.71. The summed E-state index contributed by atoms with van der Waals surface area (Å²) >= 11 is 1.47.